The number of carboxylic acids is 1. The van der Waals surface area contributed by atoms with Crippen LogP contribution in [0.15, 0.2) is 30.5 Å². The molecule has 0 radical (unpaired) electrons. The summed E-state index contributed by atoms with van der Waals surface area (Å²) in [6, 6.07) is 6.78. The van der Waals surface area contributed by atoms with Crippen LogP contribution in [0.3, 0.4) is 0 Å². The van der Waals surface area contributed by atoms with Gasteiger partial charge in [-0.3, -0.25) is 4.79 Å². The highest BCUT2D eigenvalue weighted by molar-refractivity contribution is 5.80. The Morgan fingerprint density at radius 3 is 2.70 bits per heavy atom. The van der Waals surface area contributed by atoms with Crippen molar-refractivity contribution in [3.05, 3.63) is 36.3 Å². The van der Waals surface area contributed by atoms with Crippen LogP contribution in [0, 0.1) is 17.7 Å². The summed E-state index contributed by atoms with van der Waals surface area (Å²) in [5.41, 5.74) is 1.05. The maximum absolute atomic E-state index is 13.2. The van der Waals surface area contributed by atoms with E-state index in [0.717, 1.165) is 43.1 Å². The van der Waals surface area contributed by atoms with Crippen molar-refractivity contribution in [1.29, 1.82) is 0 Å². The Labute approximate surface area is 117 Å². The molecule has 2 aromatic rings. The first-order valence-corrected chi connectivity index (χ1v) is 7.10. The number of benzene rings is 1. The molecule has 1 aliphatic carbocycles. The van der Waals surface area contributed by atoms with E-state index < -0.39 is 5.97 Å². The number of rotatable bonds is 3. The number of hydrogen-bond donors (Lipinski definition) is 1. The van der Waals surface area contributed by atoms with Crippen molar-refractivity contribution in [3.63, 3.8) is 0 Å². The molecule has 0 aliphatic heterocycles. The molecule has 106 valence electrons. The second kappa shape index (κ2) is 5.27. The van der Waals surface area contributed by atoms with E-state index in [0.29, 0.717) is 5.92 Å². The monoisotopic (exact) mass is 275 g/mol. The van der Waals surface area contributed by atoms with Gasteiger partial charge in [0.2, 0.25) is 0 Å². The van der Waals surface area contributed by atoms with Crippen LogP contribution in [0.2, 0.25) is 0 Å². The molecular weight excluding hydrogens is 257 g/mol. The first kappa shape index (κ1) is 13.2. The third-order valence-electron chi connectivity index (χ3n) is 4.38. The number of fused-ring (bicyclic) bond motifs is 1. The van der Waals surface area contributed by atoms with Crippen molar-refractivity contribution in [2.45, 2.75) is 32.2 Å². The number of carboxylic acid groups (broad SMARTS) is 1. The molecule has 20 heavy (non-hydrogen) atoms. The van der Waals surface area contributed by atoms with Crippen LogP contribution >= 0.6 is 0 Å². The molecule has 0 spiro atoms. The SMILES string of the molecule is O=C(O)C1CCC(Cn2ccc3cc(F)ccc32)CC1. The Bertz CT molecular complexity index is 626. The molecule has 1 aromatic carbocycles. The van der Waals surface area contributed by atoms with E-state index in [1.165, 1.54) is 6.07 Å². The maximum atomic E-state index is 13.2. The molecule has 0 bridgehead atoms. The van der Waals surface area contributed by atoms with E-state index in [4.69, 9.17) is 5.11 Å². The van der Waals surface area contributed by atoms with Crippen molar-refractivity contribution in [2.75, 3.05) is 0 Å². The molecule has 3 nitrogen and oxygen atoms in total. The molecule has 1 heterocycles. The van der Waals surface area contributed by atoms with Crippen LogP contribution in [-0.2, 0) is 11.3 Å². The van der Waals surface area contributed by atoms with Crippen molar-refractivity contribution >= 4 is 16.9 Å². The molecule has 1 aliphatic rings. The standard InChI is InChI=1S/C16H18FNO2/c17-14-5-6-15-13(9-14)7-8-18(15)10-11-1-3-12(4-2-11)16(19)20/h5-9,11-12H,1-4,10H2,(H,19,20). The molecule has 1 saturated carbocycles. The van der Waals surface area contributed by atoms with Gasteiger partial charge in [0, 0.05) is 23.6 Å². The fourth-order valence-corrected chi connectivity index (χ4v) is 3.20. The minimum absolute atomic E-state index is 0.165. The summed E-state index contributed by atoms with van der Waals surface area (Å²) in [7, 11) is 0. The highest BCUT2D eigenvalue weighted by Gasteiger charge is 2.26. The smallest absolute Gasteiger partial charge is 0.306 e. The Morgan fingerprint density at radius 2 is 2.00 bits per heavy atom. The zero-order valence-electron chi connectivity index (χ0n) is 11.3. The highest BCUT2D eigenvalue weighted by Crippen LogP contribution is 2.31. The van der Waals surface area contributed by atoms with Gasteiger partial charge >= 0.3 is 5.97 Å². The summed E-state index contributed by atoms with van der Waals surface area (Å²) in [6.45, 7) is 0.890. The molecule has 1 aromatic heterocycles. The summed E-state index contributed by atoms with van der Waals surface area (Å²) in [4.78, 5) is 10.9. The minimum Gasteiger partial charge on any atom is -0.481 e. The molecule has 0 saturated heterocycles. The Hall–Kier alpha value is -1.84. The second-order valence-electron chi connectivity index (χ2n) is 5.73. The first-order valence-electron chi connectivity index (χ1n) is 7.10. The lowest BCUT2D eigenvalue weighted by atomic mass is 9.82. The van der Waals surface area contributed by atoms with Gasteiger partial charge in [0.1, 0.15) is 5.82 Å². The summed E-state index contributed by atoms with van der Waals surface area (Å²) >= 11 is 0. The van der Waals surface area contributed by atoms with Crippen LogP contribution in [0.1, 0.15) is 25.7 Å². The van der Waals surface area contributed by atoms with E-state index >= 15 is 0 Å². The highest BCUT2D eigenvalue weighted by atomic mass is 19.1. The van der Waals surface area contributed by atoms with Gasteiger partial charge in [-0.1, -0.05) is 0 Å². The molecule has 0 amide bonds. The molecule has 1 N–H and O–H groups in total. The van der Waals surface area contributed by atoms with E-state index in [9.17, 15) is 9.18 Å². The zero-order chi connectivity index (χ0) is 14.1. The van der Waals surface area contributed by atoms with Gasteiger partial charge in [0.05, 0.1) is 5.92 Å². The topological polar surface area (TPSA) is 42.2 Å². The summed E-state index contributed by atoms with van der Waals surface area (Å²) in [6.07, 6.45) is 5.45. The minimum atomic E-state index is -0.662. The first-order chi connectivity index (χ1) is 9.63. The molecule has 0 atom stereocenters. The average molecular weight is 275 g/mol. The van der Waals surface area contributed by atoms with E-state index in [1.54, 1.807) is 6.07 Å². The van der Waals surface area contributed by atoms with E-state index in [-0.39, 0.29) is 11.7 Å². The van der Waals surface area contributed by atoms with Crippen LogP contribution in [0.5, 0.6) is 0 Å². The van der Waals surface area contributed by atoms with Crippen molar-refractivity contribution < 1.29 is 14.3 Å². The third-order valence-corrected chi connectivity index (χ3v) is 4.38. The molecule has 4 heteroatoms. The second-order valence-corrected chi connectivity index (χ2v) is 5.73. The largest absolute Gasteiger partial charge is 0.481 e. The van der Waals surface area contributed by atoms with Crippen molar-refractivity contribution in [3.8, 4) is 0 Å². The number of nitrogens with zero attached hydrogens (tertiary/aromatic N) is 1. The number of aliphatic carboxylic acids is 1. The Balaban J connectivity index is 1.70. The Morgan fingerprint density at radius 1 is 1.25 bits per heavy atom. The molecule has 3 rings (SSSR count). The fourth-order valence-electron chi connectivity index (χ4n) is 3.20. The molecule has 0 unspecified atom stereocenters. The number of halogens is 1. The van der Waals surface area contributed by atoms with E-state index in [2.05, 4.69) is 4.57 Å². The van der Waals surface area contributed by atoms with Gasteiger partial charge in [-0.05, 0) is 55.9 Å². The zero-order valence-corrected chi connectivity index (χ0v) is 11.3. The van der Waals surface area contributed by atoms with Gasteiger partial charge < -0.3 is 9.67 Å². The quantitative estimate of drug-likeness (QED) is 0.928. The van der Waals surface area contributed by atoms with Crippen molar-refractivity contribution in [2.24, 2.45) is 11.8 Å². The van der Waals surface area contributed by atoms with Gasteiger partial charge in [-0.2, -0.15) is 0 Å². The molecular formula is C16H18FNO2. The lowest BCUT2D eigenvalue weighted by molar-refractivity contribution is -0.143. The Kier molecular flexibility index (Phi) is 3.47. The van der Waals surface area contributed by atoms with Gasteiger partial charge in [-0.25, -0.2) is 4.39 Å². The van der Waals surface area contributed by atoms with Crippen molar-refractivity contribution in [1.82, 2.24) is 4.57 Å². The van der Waals surface area contributed by atoms with Crippen LogP contribution in [0.4, 0.5) is 4.39 Å². The number of carbonyl (C=O) groups is 1. The van der Waals surface area contributed by atoms with E-state index in [1.807, 2.05) is 18.3 Å². The van der Waals surface area contributed by atoms with Crippen LogP contribution in [0.25, 0.3) is 10.9 Å². The van der Waals surface area contributed by atoms with Crippen LogP contribution in [-0.4, -0.2) is 15.6 Å². The number of hydrogen-bond acceptors (Lipinski definition) is 1. The van der Waals surface area contributed by atoms with Crippen LogP contribution < -0.4 is 0 Å². The summed E-state index contributed by atoms with van der Waals surface area (Å²) in [5.74, 6) is -0.518. The summed E-state index contributed by atoms with van der Waals surface area (Å²) < 4.78 is 15.3. The predicted octanol–water partition coefficient (Wildman–Crippen LogP) is 3.67. The lowest BCUT2D eigenvalue weighted by Gasteiger charge is -2.26. The normalized spacial score (nSPS) is 23.1. The molecule has 1 fully saturated rings. The predicted molar refractivity (Wildman–Crippen MR) is 75.0 cm³/mol. The average Bonchev–Trinajstić information content (AvgIpc) is 2.81. The van der Waals surface area contributed by atoms with Gasteiger partial charge in [-0.15, -0.1) is 0 Å². The third kappa shape index (κ3) is 2.55. The lowest BCUT2D eigenvalue weighted by Crippen LogP contribution is -2.23. The fraction of sp³-hybridized carbons (Fsp3) is 0.438. The number of aromatic nitrogens is 1. The van der Waals surface area contributed by atoms with Gasteiger partial charge in [0.25, 0.3) is 0 Å². The maximum Gasteiger partial charge on any atom is 0.306 e. The van der Waals surface area contributed by atoms with Gasteiger partial charge in [0.15, 0.2) is 0 Å². The summed E-state index contributed by atoms with van der Waals surface area (Å²) in [5, 5.41) is 9.93.